The first-order chi connectivity index (χ1) is 18.6. The SMILES string of the molecule is O=C1CC[C@@]2(OCCCc3ccccc3)[C@H]3Cc4ccc(O)c5c4[C@@]2(CCN3CCc2ccccc2)C1O5. The molecular weight excluding hydrogens is 474 g/mol. The third kappa shape index (κ3) is 3.48. The molecule has 2 fully saturated rings. The molecule has 3 aromatic rings. The number of aromatic hydroxyl groups is 1. The Balaban J connectivity index is 1.25. The molecule has 5 heteroatoms. The van der Waals surface area contributed by atoms with Gasteiger partial charge in [-0.1, -0.05) is 66.7 Å². The summed E-state index contributed by atoms with van der Waals surface area (Å²) in [6, 6.07) is 25.2. The van der Waals surface area contributed by atoms with Crippen molar-refractivity contribution < 1.29 is 19.4 Å². The minimum atomic E-state index is -0.577. The van der Waals surface area contributed by atoms with Gasteiger partial charge >= 0.3 is 0 Å². The average Bonchev–Trinajstić information content (AvgIpc) is 3.31. The predicted octanol–water partition coefficient (Wildman–Crippen LogP) is 5.02. The molecule has 2 heterocycles. The van der Waals surface area contributed by atoms with Crippen LogP contribution in [0.5, 0.6) is 11.5 Å². The van der Waals surface area contributed by atoms with Gasteiger partial charge in [0.25, 0.3) is 0 Å². The number of benzene rings is 3. The van der Waals surface area contributed by atoms with Crippen molar-refractivity contribution in [1.82, 2.24) is 4.90 Å². The topological polar surface area (TPSA) is 59.0 Å². The van der Waals surface area contributed by atoms with Crippen molar-refractivity contribution in [2.45, 2.75) is 68.1 Å². The van der Waals surface area contributed by atoms with Crippen LogP contribution in [0.25, 0.3) is 0 Å². The van der Waals surface area contributed by atoms with Gasteiger partial charge in [0.2, 0.25) is 0 Å². The first kappa shape index (κ1) is 23.9. The molecule has 2 aliphatic carbocycles. The van der Waals surface area contributed by atoms with Crippen LogP contribution in [0.1, 0.15) is 47.9 Å². The molecule has 38 heavy (non-hydrogen) atoms. The standard InChI is InChI=1S/C33H35NO4/c35-26-14-13-25-22-28-33(37-21-7-12-23-8-3-1-4-9-23)17-15-27(36)31-32(33,29(25)30(26)38-31)18-20-34(28)19-16-24-10-5-2-6-11-24/h1-6,8-11,13-14,28,31,35H,7,12,15-22H2/t28-,31?,32+,33-/m1/s1. The summed E-state index contributed by atoms with van der Waals surface area (Å²) in [5, 5.41) is 10.8. The Hall–Kier alpha value is -3.15. The van der Waals surface area contributed by atoms with Gasteiger partial charge in [-0.05, 0) is 67.8 Å². The molecule has 1 saturated carbocycles. The van der Waals surface area contributed by atoms with Crippen LogP contribution in [-0.2, 0) is 34.2 Å². The highest BCUT2D eigenvalue weighted by Crippen LogP contribution is 2.66. The normalized spacial score (nSPS) is 29.1. The Bertz CT molecular complexity index is 1340. The number of ether oxygens (including phenoxy) is 2. The molecule has 0 aromatic heterocycles. The summed E-state index contributed by atoms with van der Waals surface area (Å²) in [7, 11) is 0. The number of hydrogen-bond acceptors (Lipinski definition) is 5. The van der Waals surface area contributed by atoms with Crippen molar-refractivity contribution in [1.29, 1.82) is 0 Å². The van der Waals surface area contributed by atoms with Crippen LogP contribution in [0.4, 0.5) is 0 Å². The fourth-order valence-electron chi connectivity index (χ4n) is 8.04. The monoisotopic (exact) mass is 509 g/mol. The summed E-state index contributed by atoms with van der Waals surface area (Å²) in [5.74, 6) is 0.813. The van der Waals surface area contributed by atoms with E-state index in [1.54, 1.807) is 6.07 Å². The van der Waals surface area contributed by atoms with Crippen molar-refractivity contribution in [2.75, 3.05) is 19.7 Å². The smallest absolute Gasteiger partial charge is 0.174 e. The molecule has 3 aromatic carbocycles. The third-order valence-corrected chi connectivity index (χ3v) is 9.67. The van der Waals surface area contributed by atoms with Gasteiger partial charge in [0.1, 0.15) is 0 Å². The van der Waals surface area contributed by atoms with Crippen LogP contribution in [-0.4, -0.2) is 53.2 Å². The quantitative estimate of drug-likeness (QED) is 0.433. The van der Waals surface area contributed by atoms with Gasteiger partial charge in [0, 0.05) is 31.2 Å². The van der Waals surface area contributed by atoms with Gasteiger partial charge in [-0.25, -0.2) is 0 Å². The maximum Gasteiger partial charge on any atom is 0.174 e. The molecular formula is C33H35NO4. The van der Waals surface area contributed by atoms with Gasteiger partial charge in [0.15, 0.2) is 23.4 Å². The molecule has 5 nitrogen and oxygen atoms in total. The van der Waals surface area contributed by atoms with Gasteiger partial charge in [-0.2, -0.15) is 0 Å². The molecule has 1 N–H and O–H groups in total. The van der Waals surface area contributed by atoms with E-state index >= 15 is 0 Å². The molecule has 4 aliphatic rings. The lowest BCUT2D eigenvalue weighted by Crippen LogP contribution is -2.77. The van der Waals surface area contributed by atoms with Crippen molar-refractivity contribution in [3.8, 4) is 11.5 Å². The van der Waals surface area contributed by atoms with Crippen molar-refractivity contribution >= 4 is 5.78 Å². The summed E-state index contributed by atoms with van der Waals surface area (Å²) >= 11 is 0. The molecule has 0 amide bonds. The second kappa shape index (κ2) is 9.25. The highest BCUT2D eigenvalue weighted by Gasteiger charge is 2.74. The fourth-order valence-corrected chi connectivity index (χ4v) is 8.04. The third-order valence-electron chi connectivity index (χ3n) is 9.67. The van der Waals surface area contributed by atoms with E-state index in [1.165, 1.54) is 16.7 Å². The lowest BCUT2D eigenvalue weighted by Gasteiger charge is -2.64. The predicted molar refractivity (Wildman–Crippen MR) is 146 cm³/mol. The first-order valence-corrected chi connectivity index (χ1v) is 14.1. The minimum Gasteiger partial charge on any atom is -0.504 e. The number of piperidine rings is 1. The van der Waals surface area contributed by atoms with Gasteiger partial charge in [0.05, 0.1) is 11.0 Å². The number of phenolic OH excluding ortho intramolecular Hbond substituents is 1. The van der Waals surface area contributed by atoms with E-state index < -0.39 is 17.1 Å². The first-order valence-electron chi connectivity index (χ1n) is 14.1. The number of rotatable bonds is 8. The van der Waals surface area contributed by atoms with Gasteiger partial charge in [-0.15, -0.1) is 0 Å². The van der Waals surface area contributed by atoms with E-state index in [1.807, 2.05) is 6.07 Å². The fraction of sp³-hybridized carbons (Fsp3) is 0.424. The van der Waals surface area contributed by atoms with E-state index in [0.29, 0.717) is 25.2 Å². The number of hydrogen-bond donors (Lipinski definition) is 1. The summed E-state index contributed by atoms with van der Waals surface area (Å²) in [6.07, 6.45) is 5.12. The highest BCUT2D eigenvalue weighted by atomic mass is 16.5. The maximum atomic E-state index is 13.4. The number of carbonyl (C=O) groups excluding carboxylic acids is 1. The van der Waals surface area contributed by atoms with E-state index in [-0.39, 0.29) is 17.6 Å². The van der Waals surface area contributed by atoms with Crippen LogP contribution in [0.15, 0.2) is 72.8 Å². The molecule has 1 unspecified atom stereocenters. The summed E-state index contributed by atoms with van der Waals surface area (Å²) in [5.41, 5.74) is 3.87. The number of likely N-dealkylation sites (tertiary alicyclic amines) is 1. The molecule has 4 atom stereocenters. The summed E-state index contributed by atoms with van der Waals surface area (Å²) in [6.45, 7) is 2.50. The molecule has 2 bridgehead atoms. The number of nitrogens with zero attached hydrogens (tertiary/aromatic N) is 1. The van der Waals surface area contributed by atoms with Crippen molar-refractivity contribution in [3.05, 3.63) is 95.1 Å². The number of carbonyl (C=O) groups is 1. The van der Waals surface area contributed by atoms with E-state index in [4.69, 9.17) is 9.47 Å². The van der Waals surface area contributed by atoms with Crippen LogP contribution < -0.4 is 4.74 Å². The van der Waals surface area contributed by atoms with E-state index in [2.05, 4.69) is 65.6 Å². The van der Waals surface area contributed by atoms with Crippen LogP contribution in [0, 0.1) is 0 Å². The molecule has 0 radical (unpaired) electrons. The maximum absolute atomic E-state index is 13.4. The number of Topliss-reactive ketones (excluding diaryl/α,β-unsaturated/α-hetero) is 1. The van der Waals surface area contributed by atoms with Gasteiger partial charge in [-0.3, -0.25) is 9.69 Å². The Kier molecular flexibility index (Phi) is 5.82. The Labute approximate surface area is 224 Å². The second-order valence-electron chi connectivity index (χ2n) is 11.5. The zero-order valence-corrected chi connectivity index (χ0v) is 21.8. The number of aryl methyl sites for hydroxylation is 1. The van der Waals surface area contributed by atoms with E-state index in [9.17, 15) is 9.90 Å². The number of ketones is 1. The van der Waals surface area contributed by atoms with Crippen LogP contribution in [0.2, 0.25) is 0 Å². The molecule has 1 saturated heterocycles. The lowest BCUT2D eigenvalue weighted by molar-refractivity contribution is -0.213. The average molecular weight is 510 g/mol. The molecule has 1 spiro atoms. The zero-order chi connectivity index (χ0) is 25.7. The lowest BCUT2D eigenvalue weighted by atomic mass is 9.48. The highest BCUT2D eigenvalue weighted by molar-refractivity contribution is 5.90. The Morgan fingerprint density at radius 2 is 1.68 bits per heavy atom. The Morgan fingerprint density at radius 3 is 2.45 bits per heavy atom. The van der Waals surface area contributed by atoms with Crippen LogP contribution in [0.3, 0.4) is 0 Å². The van der Waals surface area contributed by atoms with Crippen molar-refractivity contribution in [3.63, 3.8) is 0 Å². The molecule has 196 valence electrons. The largest absolute Gasteiger partial charge is 0.504 e. The van der Waals surface area contributed by atoms with Crippen LogP contribution >= 0.6 is 0 Å². The number of phenols is 1. The van der Waals surface area contributed by atoms with E-state index in [0.717, 1.165) is 50.8 Å². The molecule has 2 aliphatic heterocycles. The minimum absolute atomic E-state index is 0.142. The summed E-state index contributed by atoms with van der Waals surface area (Å²) < 4.78 is 13.5. The summed E-state index contributed by atoms with van der Waals surface area (Å²) in [4.78, 5) is 16.0. The molecule has 7 rings (SSSR count). The second-order valence-corrected chi connectivity index (χ2v) is 11.5. The van der Waals surface area contributed by atoms with Gasteiger partial charge < -0.3 is 14.6 Å². The Morgan fingerprint density at radius 1 is 0.947 bits per heavy atom. The van der Waals surface area contributed by atoms with Crippen molar-refractivity contribution in [2.24, 2.45) is 0 Å². The zero-order valence-electron chi connectivity index (χ0n) is 21.8.